The van der Waals surface area contributed by atoms with Crippen molar-refractivity contribution in [3.8, 4) is 0 Å². The first-order valence-corrected chi connectivity index (χ1v) is 10.8. The van der Waals surface area contributed by atoms with Gasteiger partial charge >= 0.3 is 0 Å². The van der Waals surface area contributed by atoms with Crippen molar-refractivity contribution in [2.24, 2.45) is 17.3 Å². The number of anilines is 2. The molecule has 0 aliphatic carbocycles. The van der Waals surface area contributed by atoms with Gasteiger partial charge in [0.1, 0.15) is 5.69 Å². The van der Waals surface area contributed by atoms with Crippen LogP contribution in [0.4, 0.5) is 34.6 Å². The number of hydrogen-bond acceptors (Lipinski definition) is 6. The van der Waals surface area contributed by atoms with Crippen LogP contribution in [0.1, 0.15) is 12.8 Å². The Morgan fingerprint density at radius 1 is 1.18 bits per heavy atom. The molecule has 0 bridgehead atoms. The van der Waals surface area contributed by atoms with Gasteiger partial charge < -0.3 is 15.5 Å². The highest BCUT2D eigenvalue weighted by molar-refractivity contribution is 7.92. The van der Waals surface area contributed by atoms with E-state index in [1.165, 1.54) is 0 Å². The number of nitrogens with one attached hydrogen (secondary N) is 1. The van der Waals surface area contributed by atoms with Gasteiger partial charge in [-0.05, 0) is 31.0 Å². The van der Waals surface area contributed by atoms with Crippen LogP contribution in [0.5, 0.6) is 0 Å². The minimum absolute atomic E-state index is 0.374. The highest BCUT2D eigenvalue weighted by atomic mass is 32.2. The van der Waals surface area contributed by atoms with E-state index >= 15 is 0 Å². The van der Waals surface area contributed by atoms with Crippen LogP contribution in [-0.4, -0.2) is 37.3 Å². The molecule has 1 aliphatic rings. The molecule has 0 atom stereocenters. The van der Waals surface area contributed by atoms with Gasteiger partial charge in [0.05, 0.1) is 11.9 Å². The molecular formula is C17H26N8O2S. The second-order valence-corrected chi connectivity index (χ2v) is 8.37. The molecule has 0 spiro atoms. The molecule has 10 nitrogen and oxygen atoms in total. The quantitative estimate of drug-likeness (QED) is 0.464. The van der Waals surface area contributed by atoms with E-state index in [1.54, 1.807) is 34.4 Å². The van der Waals surface area contributed by atoms with Gasteiger partial charge in [0, 0.05) is 25.8 Å². The van der Waals surface area contributed by atoms with Crippen molar-refractivity contribution in [1.29, 1.82) is 0 Å². The number of nitrogens with zero attached hydrogens (tertiary/aromatic N) is 5. The Labute approximate surface area is 165 Å². The van der Waals surface area contributed by atoms with Gasteiger partial charge in [-0.1, -0.05) is 0 Å². The number of benzene rings is 1. The molecule has 1 saturated heterocycles. The number of nitrogens with two attached hydrogens (primary N) is 2. The first-order chi connectivity index (χ1) is 13.3. The number of quaternary nitrogens is 2. The lowest BCUT2D eigenvalue weighted by Gasteiger charge is -2.19. The summed E-state index contributed by atoms with van der Waals surface area (Å²) < 4.78 is 27.9. The second-order valence-electron chi connectivity index (χ2n) is 6.62. The van der Waals surface area contributed by atoms with E-state index in [4.69, 9.17) is 0 Å². The predicted octanol–water partition coefficient (Wildman–Crippen LogP) is 0.780. The molecule has 1 aliphatic heterocycles. The van der Waals surface area contributed by atoms with Crippen LogP contribution in [0.25, 0.3) is 0 Å². The summed E-state index contributed by atoms with van der Waals surface area (Å²) in [6, 6.07) is 5.48. The Morgan fingerprint density at radius 3 is 2.46 bits per heavy atom. The molecule has 3 rings (SSSR count). The summed E-state index contributed by atoms with van der Waals surface area (Å²) in [5.74, 6) is 1.81. The molecule has 0 amide bonds. The van der Waals surface area contributed by atoms with E-state index in [0.717, 1.165) is 43.7 Å². The maximum absolute atomic E-state index is 11.8. The maximum Gasteiger partial charge on any atom is 0.280 e. The highest BCUT2D eigenvalue weighted by Gasteiger charge is 2.18. The molecule has 2 aromatic rings. The summed E-state index contributed by atoms with van der Waals surface area (Å²) in [4.78, 5) is 6.59. The minimum Gasteiger partial charge on any atom is -0.424 e. The van der Waals surface area contributed by atoms with Gasteiger partial charge in [0.2, 0.25) is 10.0 Å². The molecule has 5 N–H and O–H groups in total. The fourth-order valence-corrected chi connectivity index (χ4v) is 3.73. The Bertz CT molecular complexity index is 977. The standard InChI is InChI=1S/C17H26N8O2S/c1-18-15-16(19-2)24(3)17(20-15)22-21-13-8-7-12(25-9-5-6-10-25)11-14(13)23-28(4,26)27/h7-8,11,23H,1-2,5-6,9-10,18-19H2,3-4H3. The number of azo groups is 1. The van der Waals surface area contributed by atoms with Crippen LogP contribution >= 0.6 is 0 Å². The van der Waals surface area contributed by atoms with Crippen LogP contribution in [0, 0.1) is 14.1 Å². The third kappa shape index (κ3) is 4.49. The fraction of sp³-hybridized carbons (Fsp3) is 0.353. The smallest absolute Gasteiger partial charge is 0.280 e. The number of aromatic nitrogens is 2. The second kappa shape index (κ2) is 8.25. The fourth-order valence-electron chi connectivity index (χ4n) is 3.16. The third-order valence-corrected chi connectivity index (χ3v) is 5.12. The minimum atomic E-state index is -3.46. The zero-order chi connectivity index (χ0) is 20.3. The number of sulfonamides is 1. The van der Waals surface area contributed by atoms with Gasteiger partial charge in [-0.3, -0.25) is 9.29 Å². The van der Waals surface area contributed by atoms with Crippen molar-refractivity contribution in [3.63, 3.8) is 0 Å². The maximum atomic E-state index is 11.8. The molecule has 0 radical (unpaired) electrons. The van der Waals surface area contributed by atoms with Crippen LogP contribution in [-0.2, 0) is 17.1 Å². The number of imidazole rings is 1. The first kappa shape index (κ1) is 20.2. The molecule has 1 fully saturated rings. The topological polar surface area (TPSA) is 125 Å². The zero-order valence-corrected chi connectivity index (χ0v) is 16.9. The normalized spacial score (nSPS) is 14.9. The van der Waals surface area contributed by atoms with Crippen LogP contribution < -0.4 is 20.3 Å². The number of hydrogen-bond donors (Lipinski definition) is 3. The monoisotopic (exact) mass is 406 g/mol. The van der Waals surface area contributed by atoms with Crippen LogP contribution in [0.3, 0.4) is 0 Å². The Hall–Kier alpha value is -2.50. The van der Waals surface area contributed by atoms with Crippen molar-refractivity contribution in [2.75, 3.05) is 29.0 Å². The van der Waals surface area contributed by atoms with Gasteiger partial charge in [-0.15, -0.1) is 24.3 Å². The van der Waals surface area contributed by atoms with E-state index in [2.05, 4.69) is 38.9 Å². The number of rotatable bonds is 7. The molecule has 0 saturated carbocycles. The van der Waals surface area contributed by atoms with Crippen LogP contribution in [0.15, 0.2) is 28.4 Å². The van der Waals surface area contributed by atoms with Crippen molar-refractivity contribution in [1.82, 2.24) is 9.55 Å². The first-order valence-electron chi connectivity index (χ1n) is 8.92. The molecule has 28 heavy (non-hydrogen) atoms. The van der Waals surface area contributed by atoms with E-state index in [0.29, 0.717) is 23.1 Å². The molecule has 1 aromatic heterocycles. The Balaban J connectivity index is 1.96. The van der Waals surface area contributed by atoms with E-state index in [1.807, 2.05) is 6.07 Å². The largest absolute Gasteiger partial charge is 0.424 e. The SMILES string of the molecule is [CH2-][NH2+]c1nc(N=Nc2ccc(N3CCCC3)cc2NS(C)(=O)=O)n(C)c1[NH2+][CH2-]. The van der Waals surface area contributed by atoms with Crippen molar-refractivity contribution in [2.45, 2.75) is 12.8 Å². The molecule has 2 heterocycles. The lowest BCUT2D eigenvalue weighted by molar-refractivity contribution is -0.547. The summed E-state index contributed by atoms with van der Waals surface area (Å²) in [5, 5.41) is 11.7. The lowest BCUT2D eigenvalue weighted by atomic mass is 10.2. The molecular weight excluding hydrogens is 380 g/mol. The molecule has 0 unspecified atom stereocenters. The molecule has 1 aromatic carbocycles. The predicted molar refractivity (Wildman–Crippen MR) is 108 cm³/mol. The van der Waals surface area contributed by atoms with E-state index in [9.17, 15) is 8.42 Å². The van der Waals surface area contributed by atoms with Gasteiger partial charge in [-0.25, -0.2) is 8.42 Å². The third-order valence-electron chi connectivity index (χ3n) is 4.52. The van der Waals surface area contributed by atoms with Gasteiger partial charge in [0.25, 0.3) is 17.6 Å². The summed E-state index contributed by atoms with van der Waals surface area (Å²) in [5.41, 5.74) is 1.76. The van der Waals surface area contributed by atoms with Crippen LogP contribution in [0.2, 0.25) is 0 Å². The highest BCUT2D eigenvalue weighted by Crippen LogP contribution is 2.33. The van der Waals surface area contributed by atoms with E-state index in [-0.39, 0.29) is 0 Å². The summed E-state index contributed by atoms with van der Waals surface area (Å²) in [6.45, 7) is 1.92. The summed E-state index contributed by atoms with van der Waals surface area (Å²) in [6.07, 6.45) is 3.38. The zero-order valence-electron chi connectivity index (χ0n) is 16.1. The average Bonchev–Trinajstić information content (AvgIpc) is 3.27. The van der Waals surface area contributed by atoms with E-state index < -0.39 is 10.0 Å². The van der Waals surface area contributed by atoms with Crippen molar-refractivity contribution >= 4 is 44.7 Å². The van der Waals surface area contributed by atoms with Crippen molar-refractivity contribution < 1.29 is 19.1 Å². The summed E-state index contributed by atoms with van der Waals surface area (Å²) >= 11 is 0. The Kier molecular flexibility index (Phi) is 5.96. The van der Waals surface area contributed by atoms with Crippen molar-refractivity contribution in [3.05, 3.63) is 32.3 Å². The Morgan fingerprint density at radius 2 is 1.89 bits per heavy atom. The molecule has 11 heteroatoms. The molecule has 152 valence electrons. The lowest BCUT2D eigenvalue weighted by Crippen LogP contribution is -2.77. The average molecular weight is 407 g/mol. The summed E-state index contributed by atoms with van der Waals surface area (Å²) in [7, 11) is 5.85. The van der Waals surface area contributed by atoms with Gasteiger partial charge in [-0.2, -0.15) is 4.98 Å². The van der Waals surface area contributed by atoms with Gasteiger partial charge in [0.15, 0.2) is 0 Å².